The summed E-state index contributed by atoms with van der Waals surface area (Å²) in [5.41, 5.74) is -2.92. The summed E-state index contributed by atoms with van der Waals surface area (Å²) in [6.45, 7) is 1.50. The number of nitrogens with zero attached hydrogens (tertiary/aromatic N) is 1. The van der Waals surface area contributed by atoms with Crippen molar-refractivity contribution in [2.75, 3.05) is 23.3 Å². The second-order valence-electron chi connectivity index (χ2n) is 8.78. The molecule has 2 amide bonds. The van der Waals surface area contributed by atoms with Crippen molar-refractivity contribution in [3.63, 3.8) is 0 Å². The van der Waals surface area contributed by atoms with E-state index in [1.54, 1.807) is 6.07 Å². The number of halogens is 6. The third kappa shape index (κ3) is 6.07. The van der Waals surface area contributed by atoms with E-state index in [4.69, 9.17) is 0 Å². The SMILES string of the molecule is O=C(Nc1ccc(N2CCCCC2)c(C(=O)NC2CC2)c1)c1cc(C(F)(F)F)cc(C(F)(F)F)c1. The van der Waals surface area contributed by atoms with E-state index in [-0.39, 0.29) is 29.3 Å². The first kappa shape index (κ1) is 24.9. The summed E-state index contributed by atoms with van der Waals surface area (Å²) in [4.78, 5) is 27.6. The summed E-state index contributed by atoms with van der Waals surface area (Å²) in [7, 11) is 0. The predicted octanol–water partition coefficient (Wildman–Crippen LogP) is 5.86. The van der Waals surface area contributed by atoms with Crippen molar-refractivity contribution in [2.45, 2.75) is 50.5 Å². The van der Waals surface area contributed by atoms with Crippen LogP contribution in [0, 0.1) is 0 Å². The molecule has 1 saturated carbocycles. The molecular formula is C24H23F6N3O2. The maximum absolute atomic E-state index is 13.2. The highest BCUT2D eigenvalue weighted by Gasteiger charge is 2.37. The highest BCUT2D eigenvalue weighted by atomic mass is 19.4. The van der Waals surface area contributed by atoms with Gasteiger partial charge in [0, 0.05) is 36.1 Å². The molecule has 0 spiro atoms. The lowest BCUT2D eigenvalue weighted by Crippen LogP contribution is -2.33. The molecule has 0 radical (unpaired) electrons. The molecule has 188 valence electrons. The third-order valence-corrected chi connectivity index (χ3v) is 5.96. The molecule has 35 heavy (non-hydrogen) atoms. The van der Waals surface area contributed by atoms with E-state index in [2.05, 4.69) is 15.5 Å². The molecule has 2 aliphatic rings. The van der Waals surface area contributed by atoms with Crippen molar-refractivity contribution >= 4 is 23.2 Å². The summed E-state index contributed by atoms with van der Waals surface area (Å²) >= 11 is 0. The normalized spacial score (nSPS) is 16.7. The van der Waals surface area contributed by atoms with Crippen molar-refractivity contribution in [3.8, 4) is 0 Å². The fourth-order valence-electron chi connectivity index (χ4n) is 3.99. The van der Waals surface area contributed by atoms with E-state index in [0.717, 1.165) is 45.2 Å². The topological polar surface area (TPSA) is 61.4 Å². The van der Waals surface area contributed by atoms with Gasteiger partial charge in [-0.2, -0.15) is 26.3 Å². The average Bonchev–Trinajstić information content (AvgIpc) is 3.62. The van der Waals surface area contributed by atoms with Crippen molar-refractivity contribution in [3.05, 3.63) is 58.7 Å². The second-order valence-corrected chi connectivity index (χ2v) is 8.78. The molecule has 1 aliphatic carbocycles. The minimum Gasteiger partial charge on any atom is -0.371 e. The van der Waals surface area contributed by atoms with Crippen LogP contribution in [0.4, 0.5) is 37.7 Å². The number of carbonyl (C=O) groups excluding carboxylic acids is 2. The van der Waals surface area contributed by atoms with Crippen molar-refractivity contribution in [1.29, 1.82) is 0 Å². The van der Waals surface area contributed by atoms with Crippen LogP contribution in [0.2, 0.25) is 0 Å². The van der Waals surface area contributed by atoms with Gasteiger partial charge in [0.1, 0.15) is 0 Å². The number of amides is 2. The second kappa shape index (κ2) is 9.43. The zero-order valence-electron chi connectivity index (χ0n) is 18.5. The number of anilines is 2. The Labute approximate surface area is 197 Å². The average molecular weight is 499 g/mol. The molecule has 2 aromatic carbocycles. The van der Waals surface area contributed by atoms with Crippen LogP contribution in [-0.4, -0.2) is 30.9 Å². The molecule has 0 bridgehead atoms. The van der Waals surface area contributed by atoms with Gasteiger partial charge in [0.2, 0.25) is 0 Å². The van der Waals surface area contributed by atoms with Gasteiger partial charge in [-0.25, -0.2) is 0 Å². The summed E-state index contributed by atoms with van der Waals surface area (Å²) in [5.74, 6) is -1.50. The molecule has 0 aromatic heterocycles. The van der Waals surface area contributed by atoms with Gasteiger partial charge in [-0.3, -0.25) is 9.59 Å². The Balaban J connectivity index is 1.64. The van der Waals surface area contributed by atoms with Gasteiger partial charge in [0.15, 0.2) is 0 Å². The molecule has 1 aliphatic heterocycles. The zero-order chi connectivity index (χ0) is 25.4. The monoisotopic (exact) mass is 499 g/mol. The minimum absolute atomic E-state index is 0.0372. The van der Waals surface area contributed by atoms with Crippen LogP contribution in [0.25, 0.3) is 0 Å². The number of carbonyl (C=O) groups is 2. The number of nitrogens with one attached hydrogen (secondary N) is 2. The molecule has 11 heteroatoms. The standard InChI is InChI=1S/C24H23F6N3O2/c25-23(26,27)15-10-14(11-16(12-15)24(28,29)30)21(34)32-18-6-7-20(33-8-2-1-3-9-33)19(13-18)22(35)31-17-4-5-17/h6-7,10-13,17H,1-5,8-9H2,(H,31,35)(H,32,34). The van der Waals surface area contributed by atoms with Crippen LogP contribution in [0.15, 0.2) is 36.4 Å². The van der Waals surface area contributed by atoms with Crippen molar-refractivity contribution in [1.82, 2.24) is 5.32 Å². The number of rotatable bonds is 5. The maximum atomic E-state index is 13.2. The van der Waals surface area contributed by atoms with Gasteiger partial charge in [0.05, 0.1) is 16.7 Å². The van der Waals surface area contributed by atoms with E-state index < -0.39 is 35.0 Å². The number of hydrogen-bond acceptors (Lipinski definition) is 3. The van der Waals surface area contributed by atoms with Gasteiger partial charge in [-0.1, -0.05) is 0 Å². The first-order valence-electron chi connectivity index (χ1n) is 11.2. The number of hydrogen-bond donors (Lipinski definition) is 2. The van der Waals surface area contributed by atoms with Crippen molar-refractivity contribution in [2.24, 2.45) is 0 Å². The van der Waals surface area contributed by atoms with Gasteiger partial charge in [-0.15, -0.1) is 0 Å². The van der Waals surface area contributed by atoms with Gasteiger partial charge in [-0.05, 0) is 68.5 Å². The quantitative estimate of drug-likeness (QED) is 0.507. The molecule has 4 rings (SSSR count). The molecule has 2 N–H and O–H groups in total. The van der Waals surface area contributed by atoms with E-state index in [1.807, 2.05) is 0 Å². The summed E-state index contributed by atoms with van der Waals surface area (Å²) in [5, 5.41) is 5.22. The lowest BCUT2D eigenvalue weighted by molar-refractivity contribution is -0.143. The first-order valence-corrected chi connectivity index (χ1v) is 11.2. The maximum Gasteiger partial charge on any atom is 0.416 e. The fraction of sp³-hybridized carbons (Fsp3) is 0.417. The fourth-order valence-corrected chi connectivity index (χ4v) is 3.99. The van der Waals surface area contributed by atoms with Gasteiger partial charge in [0.25, 0.3) is 11.8 Å². The Morgan fingerprint density at radius 2 is 1.40 bits per heavy atom. The molecule has 2 aromatic rings. The van der Waals surface area contributed by atoms with Crippen LogP contribution in [0.5, 0.6) is 0 Å². The Morgan fingerprint density at radius 1 is 0.800 bits per heavy atom. The third-order valence-electron chi connectivity index (χ3n) is 5.96. The van der Waals surface area contributed by atoms with E-state index in [9.17, 15) is 35.9 Å². The van der Waals surface area contributed by atoms with Gasteiger partial charge < -0.3 is 15.5 Å². The Morgan fingerprint density at radius 3 is 1.94 bits per heavy atom. The molecular weight excluding hydrogens is 476 g/mol. The summed E-state index contributed by atoms with van der Waals surface area (Å²) < 4.78 is 78.9. The lowest BCUT2D eigenvalue weighted by Gasteiger charge is -2.30. The lowest BCUT2D eigenvalue weighted by atomic mass is 10.0. The van der Waals surface area contributed by atoms with E-state index >= 15 is 0 Å². The molecule has 2 fully saturated rings. The Bertz CT molecular complexity index is 1090. The molecule has 5 nitrogen and oxygen atoms in total. The highest BCUT2D eigenvalue weighted by molar-refractivity contribution is 6.06. The predicted molar refractivity (Wildman–Crippen MR) is 117 cm³/mol. The molecule has 1 heterocycles. The van der Waals surface area contributed by atoms with E-state index in [0.29, 0.717) is 17.8 Å². The number of benzene rings is 2. The van der Waals surface area contributed by atoms with Crippen LogP contribution >= 0.6 is 0 Å². The highest BCUT2D eigenvalue weighted by Crippen LogP contribution is 2.36. The Hall–Kier alpha value is -3.24. The van der Waals surface area contributed by atoms with Crippen LogP contribution in [-0.2, 0) is 12.4 Å². The largest absolute Gasteiger partial charge is 0.416 e. The minimum atomic E-state index is -5.07. The molecule has 0 unspecified atom stereocenters. The van der Waals surface area contributed by atoms with Crippen LogP contribution in [0.1, 0.15) is 63.9 Å². The first-order chi connectivity index (χ1) is 16.4. The van der Waals surface area contributed by atoms with Crippen LogP contribution in [0.3, 0.4) is 0 Å². The summed E-state index contributed by atoms with van der Waals surface area (Å²) in [6, 6.07) is 5.29. The Kier molecular flexibility index (Phi) is 6.70. The van der Waals surface area contributed by atoms with Crippen molar-refractivity contribution < 1.29 is 35.9 Å². The van der Waals surface area contributed by atoms with Gasteiger partial charge >= 0.3 is 12.4 Å². The smallest absolute Gasteiger partial charge is 0.371 e. The van der Waals surface area contributed by atoms with E-state index in [1.165, 1.54) is 12.1 Å². The molecule has 1 saturated heterocycles. The number of alkyl halides is 6. The summed E-state index contributed by atoms with van der Waals surface area (Å²) in [6.07, 6.45) is -5.43. The molecule has 0 atom stereocenters. The zero-order valence-corrected chi connectivity index (χ0v) is 18.5. The van der Waals surface area contributed by atoms with Crippen LogP contribution < -0.4 is 15.5 Å². The number of piperidine rings is 1.